The molecule has 122 valence electrons. The Kier molecular flexibility index (Phi) is 4.86. The van der Waals surface area contributed by atoms with Gasteiger partial charge in [-0.15, -0.1) is 0 Å². The second-order valence-corrected chi connectivity index (χ2v) is 5.21. The molecule has 24 heavy (non-hydrogen) atoms. The van der Waals surface area contributed by atoms with Gasteiger partial charge in [-0.2, -0.15) is 5.10 Å². The van der Waals surface area contributed by atoms with E-state index in [4.69, 9.17) is 4.74 Å². The third-order valence-electron chi connectivity index (χ3n) is 3.54. The number of aromatic nitrogens is 3. The number of hydrogen-bond acceptors (Lipinski definition) is 4. The number of nitrogens with one attached hydrogen (secondary N) is 2. The van der Waals surface area contributed by atoms with E-state index >= 15 is 0 Å². The monoisotopic (exact) mass is 322 g/mol. The molecule has 0 aliphatic heterocycles. The number of hydrogen-bond donors (Lipinski definition) is 2. The van der Waals surface area contributed by atoms with E-state index < -0.39 is 0 Å². The van der Waals surface area contributed by atoms with Gasteiger partial charge in [0.1, 0.15) is 11.6 Å². The molecule has 0 saturated heterocycles. The van der Waals surface area contributed by atoms with E-state index in [1.165, 1.54) is 0 Å². The van der Waals surface area contributed by atoms with Crippen LogP contribution in [0.4, 0.5) is 0 Å². The second-order valence-electron chi connectivity index (χ2n) is 5.21. The van der Waals surface area contributed by atoms with E-state index in [0.717, 1.165) is 11.4 Å². The maximum absolute atomic E-state index is 12.1. The Morgan fingerprint density at radius 1 is 1.17 bits per heavy atom. The van der Waals surface area contributed by atoms with Crippen molar-refractivity contribution < 1.29 is 9.53 Å². The first kappa shape index (κ1) is 15.7. The Morgan fingerprint density at radius 3 is 2.79 bits per heavy atom. The molecule has 6 heteroatoms. The summed E-state index contributed by atoms with van der Waals surface area (Å²) in [7, 11) is 1.57. The number of amides is 1. The van der Waals surface area contributed by atoms with Gasteiger partial charge in [-0.3, -0.25) is 9.89 Å². The van der Waals surface area contributed by atoms with Crippen molar-refractivity contribution in [3.63, 3.8) is 0 Å². The first-order valence-electron chi connectivity index (χ1n) is 7.65. The molecule has 0 unspecified atom stereocenters. The van der Waals surface area contributed by atoms with Crippen LogP contribution in [0.5, 0.6) is 5.75 Å². The minimum atomic E-state index is -0.142. The molecule has 6 nitrogen and oxygen atoms in total. The number of ether oxygens (including phenoxy) is 1. The molecule has 1 heterocycles. The molecule has 0 fully saturated rings. The lowest BCUT2D eigenvalue weighted by molar-refractivity contribution is 0.0953. The molecule has 0 bridgehead atoms. The number of methoxy groups -OCH3 is 1. The Balaban J connectivity index is 1.55. The van der Waals surface area contributed by atoms with Crippen molar-refractivity contribution in [3.8, 4) is 17.1 Å². The second kappa shape index (κ2) is 7.41. The summed E-state index contributed by atoms with van der Waals surface area (Å²) in [6.07, 6.45) is 0.579. The minimum absolute atomic E-state index is 0.142. The number of aromatic amines is 1. The predicted octanol–water partition coefficient (Wildman–Crippen LogP) is 2.45. The maximum atomic E-state index is 12.1. The predicted molar refractivity (Wildman–Crippen MR) is 90.8 cm³/mol. The summed E-state index contributed by atoms with van der Waals surface area (Å²) in [5.74, 6) is 1.91. The summed E-state index contributed by atoms with van der Waals surface area (Å²) in [6, 6.07) is 16.8. The Morgan fingerprint density at radius 2 is 2.00 bits per heavy atom. The van der Waals surface area contributed by atoms with Gasteiger partial charge in [-0.25, -0.2) is 4.98 Å². The van der Waals surface area contributed by atoms with Gasteiger partial charge >= 0.3 is 0 Å². The summed E-state index contributed by atoms with van der Waals surface area (Å²) < 4.78 is 5.12. The highest BCUT2D eigenvalue weighted by Crippen LogP contribution is 2.14. The van der Waals surface area contributed by atoms with Gasteiger partial charge in [0.25, 0.3) is 5.91 Å². The molecule has 2 N–H and O–H groups in total. The highest BCUT2D eigenvalue weighted by atomic mass is 16.5. The lowest BCUT2D eigenvalue weighted by Crippen LogP contribution is -2.25. The van der Waals surface area contributed by atoms with Crippen LogP contribution in [0.3, 0.4) is 0 Å². The molecule has 0 saturated carbocycles. The standard InChI is InChI=1S/C18H18N4O2/c1-24-15-9-5-8-14(12-15)18(23)19-11-10-16-20-17(22-21-16)13-6-3-2-4-7-13/h2-9,12H,10-11H2,1H3,(H,19,23)(H,20,21,22). The summed E-state index contributed by atoms with van der Waals surface area (Å²) in [4.78, 5) is 16.6. The molecule has 3 aromatic rings. The van der Waals surface area contributed by atoms with E-state index in [1.807, 2.05) is 30.3 Å². The molecule has 0 radical (unpaired) electrons. The molecular formula is C18H18N4O2. The zero-order chi connectivity index (χ0) is 16.8. The zero-order valence-electron chi connectivity index (χ0n) is 13.3. The molecule has 0 spiro atoms. The molecule has 0 atom stereocenters. The van der Waals surface area contributed by atoms with Crippen molar-refractivity contribution in [1.82, 2.24) is 20.5 Å². The average molecular weight is 322 g/mol. The largest absolute Gasteiger partial charge is 0.497 e. The molecule has 2 aromatic carbocycles. The van der Waals surface area contributed by atoms with E-state index in [0.29, 0.717) is 30.1 Å². The van der Waals surface area contributed by atoms with Gasteiger partial charge in [-0.05, 0) is 18.2 Å². The molecule has 1 amide bonds. The highest BCUT2D eigenvalue weighted by Gasteiger charge is 2.08. The van der Waals surface area contributed by atoms with Crippen molar-refractivity contribution in [2.75, 3.05) is 13.7 Å². The lowest BCUT2D eigenvalue weighted by Gasteiger charge is -2.05. The van der Waals surface area contributed by atoms with Gasteiger partial charge in [0.2, 0.25) is 0 Å². The zero-order valence-corrected chi connectivity index (χ0v) is 13.3. The first-order chi connectivity index (χ1) is 11.8. The van der Waals surface area contributed by atoms with Gasteiger partial charge in [-0.1, -0.05) is 36.4 Å². The molecule has 3 rings (SSSR count). The third-order valence-corrected chi connectivity index (χ3v) is 3.54. The van der Waals surface area contributed by atoms with Crippen molar-refractivity contribution in [2.45, 2.75) is 6.42 Å². The van der Waals surface area contributed by atoms with Crippen molar-refractivity contribution in [1.29, 1.82) is 0 Å². The number of carbonyl (C=O) groups excluding carboxylic acids is 1. The van der Waals surface area contributed by atoms with Crippen LogP contribution in [0.2, 0.25) is 0 Å². The number of H-pyrrole nitrogens is 1. The number of carbonyl (C=O) groups is 1. The fourth-order valence-corrected chi connectivity index (χ4v) is 2.28. The number of rotatable bonds is 6. The van der Waals surface area contributed by atoms with Crippen LogP contribution >= 0.6 is 0 Å². The number of benzene rings is 2. The summed E-state index contributed by atoms with van der Waals surface area (Å²) in [5, 5.41) is 9.97. The quantitative estimate of drug-likeness (QED) is 0.730. The van der Waals surface area contributed by atoms with E-state index in [9.17, 15) is 4.79 Å². The average Bonchev–Trinajstić information content (AvgIpc) is 3.11. The van der Waals surface area contributed by atoms with Crippen LogP contribution in [0.1, 0.15) is 16.2 Å². The van der Waals surface area contributed by atoms with Gasteiger partial charge < -0.3 is 10.1 Å². The van der Waals surface area contributed by atoms with Crippen molar-refractivity contribution in [2.24, 2.45) is 0 Å². The number of nitrogens with zero attached hydrogens (tertiary/aromatic N) is 2. The topological polar surface area (TPSA) is 79.9 Å². The van der Waals surface area contributed by atoms with Gasteiger partial charge in [0, 0.05) is 24.1 Å². The normalized spacial score (nSPS) is 10.4. The smallest absolute Gasteiger partial charge is 0.251 e. The van der Waals surface area contributed by atoms with Crippen LogP contribution in [-0.2, 0) is 6.42 Å². The Hall–Kier alpha value is -3.15. The first-order valence-corrected chi connectivity index (χ1v) is 7.65. The van der Waals surface area contributed by atoms with Crippen molar-refractivity contribution >= 4 is 5.91 Å². The van der Waals surface area contributed by atoms with E-state index in [-0.39, 0.29) is 5.91 Å². The highest BCUT2D eigenvalue weighted by molar-refractivity contribution is 5.94. The summed E-state index contributed by atoms with van der Waals surface area (Å²) >= 11 is 0. The van der Waals surface area contributed by atoms with Crippen molar-refractivity contribution in [3.05, 3.63) is 66.0 Å². The Labute approximate surface area is 139 Å². The summed E-state index contributed by atoms with van der Waals surface area (Å²) in [5.41, 5.74) is 1.53. The van der Waals surface area contributed by atoms with Crippen LogP contribution in [0.25, 0.3) is 11.4 Å². The van der Waals surface area contributed by atoms with E-state index in [2.05, 4.69) is 20.5 Å². The van der Waals surface area contributed by atoms with Crippen LogP contribution < -0.4 is 10.1 Å². The fraction of sp³-hybridized carbons (Fsp3) is 0.167. The Bertz CT molecular complexity index is 815. The van der Waals surface area contributed by atoms with E-state index in [1.54, 1.807) is 31.4 Å². The fourth-order valence-electron chi connectivity index (χ4n) is 2.28. The van der Waals surface area contributed by atoms with Crippen LogP contribution in [-0.4, -0.2) is 34.7 Å². The van der Waals surface area contributed by atoms with Crippen LogP contribution in [0, 0.1) is 0 Å². The minimum Gasteiger partial charge on any atom is -0.497 e. The van der Waals surface area contributed by atoms with Crippen LogP contribution in [0.15, 0.2) is 54.6 Å². The molecule has 0 aliphatic carbocycles. The molecule has 1 aromatic heterocycles. The SMILES string of the molecule is COc1cccc(C(=O)NCCc2nc(-c3ccccc3)n[nH]2)c1. The maximum Gasteiger partial charge on any atom is 0.251 e. The molecule has 0 aliphatic rings. The van der Waals surface area contributed by atoms with Gasteiger partial charge in [0.05, 0.1) is 7.11 Å². The molecular weight excluding hydrogens is 304 g/mol. The third kappa shape index (κ3) is 3.78. The summed E-state index contributed by atoms with van der Waals surface area (Å²) in [6.45, 7) is 0.472. The van der Waals surface area contributed by atoms with Gasteiger partial charge in [0.15, 0.2) is 5.82 Å². The lowest BCUT2D eigenvalue weighted by atomic mass is 10.2.